The van der Waals surface area contributed by atoms with Crippen molar-refractivity contribution in [2.75, 3.05) is 0 Å². The number of aromatic amines is 2. The molecule has 0 atom stereocenters. The molecule has 0 saturated heterocycles. The molecule has 0 saturated carbocycles. The number of hydrogen-bond donors (Lipinski definition) is 2. The molecular formula is C19H14N4O2S. The van der Waals surface area contributed by atoms with Crippen molar-refractivity contribution < 1.29 is 9.59 Å². The van der Waals surface area contributed by atoms with E-state index < -0.39 is 11.6 Å². The Kier molecular flexibility index (Phi) is 4.28. The molecule has 0 radical (unpaired) electrons. The van der Waals surface area contributed by atoms with E-state index in [1.54, 1.807) is 17.5 Å². The Labute approximate surface area is 152 Å². The molecule has 0 unspecified atom stereocenters. The molecule has 128 valence electrons. The Bertz CT molecular complexity index is 1050. The summed E-state index contributed by atoms with van der Waals surface area (Å²) in [5.74, 6) is -1.35. The molecule has 0 aliphatic rings. The molecule has 3 aromatic heterocycles. The van der Waals surface area contributed by atoms with Gasteiger partial charge in [-0.05, 0) is 28.6 Å². The molecule has 4 aromatic rings. The lowest BCUT2D eigenvalue weighted by molar-refractivity contribution is -0.114. The minimum Gasteiger partial charge on any atom is -0.364 e. The van der Waals surface area contributed by atoms with Crippen LogP contribution in [0.4, 0.5) is 0 Å². The van der Waals surface area contributed by atoms with E-state index >= 15 is 0 Å². The Hall–Kier alpha value is -3.32. The number of benzene rings is 1. The molecular weight excluding hydrogens is 348 g/mol. The molecule has 0 aliphatic carbocycles. The fourth-order valence-electron chi connectivity index (χ4n) is 2.72. The van der Waals surface area contributed by atoms with Crippen molar-refractivity contribution in [3.63, 3.8) is 0 Å². The summed E-state index contributed by atoms with van der Waals surface area (Å²) in [6, 6.07) is 14.1. The fraction of sp³-hybridized carbons (Fsp3) is 0.0526. The van der Waals surface area contributed by atoms with Crippen LogP contribution < -0.4 is 0 Å². The average molecular weight is 362 g/mol. The first-order chi connectivity index (χ1) is 12.7. The van der Waals surface area contributed by atoms with Gasteiger partial charge in [-0.1, -0.05) is 30.3 Å². The highest BCUT2D eigenvalue weighted by Crippen LogP contribution is 2.34. The summed E-state index contributed by atoms with van der Waals surface area (Å²) in [6.45, 7) is 0. The van der Waals surface area contributed by atoms with Crippen LogP contribution >= 0.6 is 11.3 Å². The van der Waals surface area contributed by atoms with Crippen molar-refractivity contribution in [2.45, 2.75) is 6.42 Å². The zero-order chi connectivity index (χ0) is 17.9. The third-order valence-electron chi connectivity index (χ3n) is 4.01. The predicted molar refractivity (Wildman–Crippen MR) is 99.0 cm³/mol. The van der Waals surface area contributed by atoms with E-state index in [9.17, 15) is 9.59 Å². The standard InChI is InChI=1S/C19H14N4O2S/c24-16(18(25)19-21-11-22-23-19)9-15-14(6-7-20-15)17-8-13(10-26-17)12-4-2-1-3-5-12/h1-8,10-11,20H,9H2,(H,21,22,23). The van der Waals surface area contributed by atoms with Crippen molar-refractivity contribution in [2.24, 2.45) is 0 Å². The van der Waals surface area contributed by atoms with E-state index in [0.717, 1.165) is 21.6 Å². The van der Waals surface area contributed by atoms with Gasteiger partial charge in [-0.3, -0.25) is 14.7 Å². The number of nitrogens with one attached hydrogen (secondary N) is 2. The molecule has 1 aromatic carbocycles. The molecule has 3 heterocycles. The van der Waals surface area contributed by atoms with Gasteiger partial charge in [0.05, 0.1) is 6.42 Å². The zero-order valence-electron chi connectivity index (χ0n) is 13.6. The second kappa shape index (κ2) is 6.89. The van der Waals surface area contributed by atoms with E-state index in [0.29, 0.717) is 5.69 Å². The van der Waals surface area contributed by atoms with Crippen LogP contribution in [-0.2, 0) is 11.2 Å². The second-order valence-electron chi connectivity index (χ2n) is 5.69. The first kappa shape index (κ1) is 16.2. The van der Waals surface area contributed by atoms with Crippen LogP contribution in [0.3, 0.4) is 0 Å². The normalized spacial score (nSPS) is 10.8. The minimum absolute atomic E-state index is 0.0196. The lowest BCUT2D eigenvalue weighted by atomic mass is 10.0. The van der Waals surface area contributed by atoms with Crippen molar-refractivity contribution in [3.05, 3.63) is 71.9 Å². The smallest absolute Gasteiger partial charge is 0.267 e. The summed E-state index contributed by atoms with van der Waals surface area (Å²) in [6.07, 6.45) is 3.03. The Morgan fingerprint density at radius 1 is 1.08 bits per heavy atom. The van der Waals surface area contributed by atoms with Gasteiger partial charge >= 0.3 is 0 Å². The number of carbonyl (C=O) groups excluding carboxylic acids is 2. The lowest BCUT2D eigenvalue weighted by Gasteiger charge is -2.01. The summed E-state index contributed by atoms with van der Waals surface area (Å²) in [5.41, 5.74) is 3.90. The number of aromatic nitrogens is 4. The SMILES string of the molecule is O=C(Cc1[nH]ccc1-c1cc(-c2ccccc2)cs1)C(=O)c1nc[nH]n1. The molecule has 2 N–H and O–H groups in total. The van der Waals surface area contributed by atoms with Crippen LogP contribution in [0, 0.1) is 0 Å². The molecule has 0 aliphatic heterocycles. The quantitative estimate of drug-likeness (QED) is 0.405. The number of H-pyrrole nitrogens is 2. The van der Waals surface area contributed by atoms with E-state index in [1.165, 1.54) is 6.33 Å². The second-order valence-corrected chi connectivity index (χ2v) is 6.60. The van der Waals surface area contributed by atoms with E-state index in [-0.39, 0.29) is 12.2 Å². The minimum atomic E-state index is -0.692. The molecule has 6 nitrogen and oxygen atoms in total. The Balaban J connectivity index is 1.57. The Morgan fingerprint density at radius 3 is 2.69 bits per heavy atom. The molecule has 7 heteroatoms. The number of carbonyl (C=O) groups is 2. The number of Topliss-reactive ketones (excluding diaryl/α,β-unsaturated/α-hetero) is 2. The number of hydrogen-bond acceptors (Lipinski definition) is 5. The third kappa shape index (κ3) is 3.12. The third-order valence-corrected chi connectivity index (χ3v) is 4.98. The van der Waals surface area contributed by atoms with Gasteiger partial charge in [0.1, 0.15) is 6.33 Å². The summed E-state index contributed by atoms with van der Waals surface area (Å²) in [5, 5.41) is 8.19. The monoisotopic (exact) mass is 362 g/mol. The zero-order valence-corrected chi connectivity index (χ0v) is 14.4. The Morgan fingerprint density at radius 2 is 1.92 bits per heavy atom. The topological polar surface area (TPSA) is 91.5 Å². The van der Waals surface area contributed by atoms with Crippen LogP contribution in [0.15, 0.2) is 60.4 Å². The van der Waals surface area contributed by atoms with E-state index in [2.05, 4.69) is 43.7 Å². The van der Waals surface area contributed by atoms with E-state index in [1.807, 2.05) is 24.3 Å². The highest BCUT2D eigenvalue weighted by atomic mass is 32.1. The number of ketones is 2. The lowest BCUT2D eigenvalue weighted by Crippen LogP contribution is -2.18. The van der Waals surface area contributed by atoms with Crippen molar-refractivity contribution in [1.29, 1.82) is 0 Å². The van der Waals surface area contributed by atoms with Gasteiger partial charge < -0.3 is 4.98 Å². The number of rotatable bonds is 6. The average Bonchev–Trinajstić information content (AvgIpc) is 3.42. The van der Waals surface area contributed by atoms with Gasteiger partial charge in [0, 0.05) is 22.3 Å². The van der Waals surface area contributed by atoms with Gasteiger partial charge in [0.2, 0.25) is 11.6 Å². The summed E-state index contributed by atoms with van der Waals surface area (Å²) < 4.78 is 0. The molecule has 0 fully saturated rings. The van der Waals surface area contributed by atoms with Crippen LogP contribution in [0.2, 0.25) is 0 Å². The molecule has 0 bridgehead atoms. The van der Waals surface area contributed by atoms with Crippen LogP contribution in [0.25, 0.3) is 21.6 Å². The molecule has 0 amide bonds. The maximum atomic E-state index is 12.3. The largest absolute Gasteiger partial charge is 0.364 e. The number of nitrogens with zero attached hydrogens (tertiary/aromatic N) is 2. The van der Waals surface area contributed by atoms with Gasteiger partial charge in [0.15, 0.2) is 0 Å². The maximum Gasteiger partial charge on any atom is 0.267 e. The van der Waals surface area contributed by atoms with Crippen LogP contribution in [0.5, 0.6) is 0 Å². The van der Waals surface area contributed by atoms with Crippen LogP contribution in [0.1, 0.15) is 16.3 Å². The fourth-order valence-corrected chi connectivity index (χ4v) is 3.70. The summed E-state index contributed by atoms with van der Waals surface area (Å²) in [7, 11) is 0. The van der Waals surface area contributed by atoms with Gasteiger partial charge in [0.25, 0.3) is 5.78 Å². The highest BCUT2D eigenvalue weighted by Gasteiger charge is 2.22. The van der Waals surface area contributed by atoms with Crippen LogP contribution in [-0.4, -0.2) is 31.7 Å². The molecule has 4 rings (SSSR count). The highest BCUT2D eigenvalue weighted by molar-refractivity contribution is 7.14. The predicted octanol–water partition coefficient (Wildman–Crippen LogP) is 3.52. The number of thiophene rings is 1. The van der Waals surface area contributed by atoms with Crippen molar-refractivity contribution >= 4 is 22.9 Å². The van der Waals surface area contributed by atoms with Crippen molar-refractivity contribution in [1.82, 2.24) is 20.2 Å². The first-order valence-electron chi connectivity index (χ1n) is 7.96. The summed E-state index contributed by atoms with van der Waals surface area (Å²) in [4.78, 5) is 32.2. The van der Waals surface area contributed by atoms with E-state index in [4.69, 9.17) is 0 Å². The molecule has 0 spiro atoms. The molecule has 26 heavy (non-hydrogen) atoms. The summed E-state index contributed by atoms with van der Waals surface area (Å²) >= 11 is 1.60. The van der Waals surface area contributed by atoms with Gasteiger partial charge in [-0.15, -0.1) is 16.4 Å². The maximum absolute atomic E-state index is 12.3. The first-order valence-corrected chi connectivity index (χ1v) is 8.84. The van der Waals surface area contributed by atoms with Gasteiger partial charge in [-0.2, -0.15) is 0 Å². The van der Waals surface area contributed by atoms with Crippen molar-refractivity contribution in [3.8, 4) is 21.6 Å². The van der Waals surface area contributed by atoms with Gasteiger partial charge in [-0.25, -0.2) is 4.98 Å².